The van der Waals surface area contributed by atoms with Gasteiger partial charge in [0.05, 0.1) is 31.4 Å². The van der Waals surface area contributed by atoms with Gasteiger partial charge in [-0.3, -0.25) is 9.69 Å². The number of morpholine rings is 1. The van der Waals surface area contributed by atoms with Gasteiger partial charge in [-0.15, -0.1) is 11.3 Å². The van der Waals surface area contributed by atoms with Crippen LogP contribution in [0.2, 0.25) is 0 Å². The summed E-state index contributed by atoms with van der Waals surface area (Å²) in [5.41, 5.74) is 1.69. The maximum absolute atomic E-state index is 13.4. The highest BCUT2D eigenvalue weighted by Gasteiger charge is 2.23. The van der Waals surface area contributed by atoms with Crippen molar-refractivity contribution in [3.05, 3.63) is 64.6 Å². The Morgan fingerprint density at radius 3 is 2.70 bits per heavy atom. The van der Waals surface area contributed by atoms with Gasteiger partial charge in [-0.05, 0) is 36.8 Å². The van der Waals surface area contributed by atoms with Gasteiger partial charge in [0.15, 0.2) is 10.8 Å². The second kappa shape index (κ2) is 9.51. The standard InChI is InChI=1S/C22H24FN3O3S/c1-15-2-7-20(29-15)22-25-18(14-30-22)12-21(27)24-13-19(26-8-10-28-11-9-26)16-3-5-17(23)6-4-16/h2-7,14,19H,8-13H2,1H3,(H,24,27). The predicted molar refractivity (Wildman–Crippen MR) is 113 cm³/mol. The van der Waals surface area contributed by atoms with E-state index in [1.165, 1.54) is 23.5 Å². The minimum Gasteiger partial charge on any atom is -0.459 e. The Morgan fingerprint density at radius 2 is 2.00 bits per heavy atom. The molecule has 0 spiro atoms. The number of carbonyl (C=O) groups is 1. The van der Waals surface area contributed by atoms with Crippen LogP contribution in [0.15, 0.2) is 46.2 Å². The van der Waals surface area contributed by atoms with Crippen LogP contribution in [0.3, 0.4) is 0 Å². The van der Waals surface area contributed by atoms with E-state index in [9.17, 15) is 9.18 Å². The van der Waals surface area contributed by atoms with E-state index in [1.807, 2.05) is 24.4 Å². The van der Waals surface area contributed by atoms with Gasteiger partial charge in [-0.1, -0.05) is 12.1 Å². The highest BCUT2D eigenvalue weighted by Crippen LogP contribution is 2.26. The maximum Gasteiger partial charge on any atom is 0.226 e. The van der Waals surface area contributed by atoms with E-state index in [0.29, 0.717) is 31.2 Å². The first kappa shape index (κ1) is 20.7. The summed E-state index contributed by atoms with van der Waals surface area (Å²) in [7, 11) is 0. The topological polar surface area (TPSA) is 67.6 Å². The van der Waals surface area contributed by atoms with Crippen LogP contribution in [0.4, 0.5) is 4.39 Å². The van der Waals surface area contributed by atoms with Crippen LogP contribution < -0.4 is 5.32 Å². The molecule has 1 aliphatic rings. The second-order valence-corrected chi connectivity index (χ2v) is 8.11. The van der Waals surface area contributed by atoms with Crippen molar-refractivity contribution in [1.82, 2.24) is 15.2 Å². The molecule has 0 radical (unpaired) electrons. The summed E-state index contributed by atoms with van der Waals surface area (Å²) in [6.07, 6.45) is 0.204. The van der Waals surface area contributed by atoms with E-state index in [4.69, 9.17) is 9.15 Å². The monoisotopic (exact) mass is 429 g/mol. The van der Waals surface area contributed by atoms with Crippen molar-refractivity contribution in [2.75, 3.05) is 32.8 Å². The predicted octanol–water partition coefficient (Wildman–Crippen LogP) is 3.58. The molecule has 1 N–H and O–H groups in total. The molecule has 0 saturated carbocycles. The molecule has 0 bridgehead atoms. The van der Waals surface area contributed by atoms with Crippen molar-refractivity contribution >= 4 is 17.2 Å². The van der Waals surface area contributed by atoms with E-state index >= 15 is 0 Å². The van der Waals surface area contributed by atoms with Crippen molar-refractivity contribution in [1.29, 1.82) is 0 Å². The molecule has 1 aliphatic heterocycles. The van der Waals surface area contributed by atoms with Crippen molar-refractivity contribution in [3.8, 4) is 10.8 Å². The fourth-order valence-corrected chi connectivity index (χ4v) is 4.30. The lowest BCUT2D eigenvalue weighted by atomic mass is 10.0. The zero-order chi connectivity index (χ0) is 20.9. The van der Waals surface area contributed by atoms with E-state index in [0.717, 1.165) is 29.4 Å². The molecule has 6 nitrogen and oxygen atoms in total. The number of nitrogens with zero attached hydrogens (tertiary/aromatic N) is 2. The van der Waals surface area contributed by atoms with Crippen LogP contribution >= 0.6 is 11.3 Å². The number of halogens is 1. The van der Waals surface area contributed by atoms with Crippen molar-refractivity contribution in [2.24, 2.45) is 0 Å². The zero-order valence-electron chi connectivity index (χ0n) is 16.8. The SMILES string of the molecule is Cc1ccc(-c2nc(CC(=O)NCC(c3ccc(F)cc3)N3CCOCC3)cs2)o1. The van der Waals surface area contributed by atoms with E-state index < -0.39 is 0 Å². The Bertz CT molecular complexity index is 980. The van der Waals surface area contributed by atoms with Crippen molar-refractivity contribution in [2.45, 2.75) is 19.4 Å². The van der Waals surface area contributed by atoms with E-state index in [1.54, 1.807) is 12.1 Å². The summed E-state index contributed by atoms with van der Waals surface area (Å²) < 4.78 is 24.4. The lowest BCUT2D eigenvalue weighted by Crippen LogP contribution is -2.44. The molecule has 1 atom stereocenters. The maximum atomic E-state index is 13.4. The number of ether oxygens (including phenoxy) is 1. The molecule has 0 aliphatic carbocycles. The average Bonchev–Trinajstić information content (AvgIpc) is 3.39. The first-order chi connectivity index (χ1) is 14.6. The Morgan fingerprint density at radius 1 is 1.23 bits per heavy atom. The highest BCUT2D eigenvalue weighted by atomic mass is 32.1. The fourth-order valence-electron chi connectivity index (χ4n) is 3.52. The smallest absolute Gasteiger partial charge is 0.226 e. The molecule has 1 saturated heterocycles. The lowest BCUT2D eigenvalue weighted by Gasteiger charge is -2.35. The van der Waals surface area contributed by atoms with Gasteiger partial charge < -0.3 is 14.5 Å². The van der Waals surface area contributed by atoms with Crippen LogP contribution in [0.1, 0.15) is 23.1 Å². The molecule has 3 heterocycles. The normalized spacial score (nSPS) is 15.8. The second-order valence-electron chi connectivity index (χ2n) is 7.25. The number of amides is 1. The fraction of sp³-hybridized carbons (Fsp3) is 0.364. The largest absolute Gasteiger partial charge is 0.459 e. The third kappa shape index (κ3) is 5.13. The van der Waals surface area contributed by atoms with Gasteiger partial charge in [0, 0.05) is 25.0 Å². The quantitative estimate of drug-likeness (QED) is 0.622. The van der Waals surface area contributed by atoms with Gasteiger partial charge in [0.25, 0.3) is 0 Å². The summed E-state index contributed by atoms with van der Waals surface area (Å²) >= 11 is 1.46. The summed E-state index contributed by atoms with van der Waals surface area (Å²) in [4.78, 5) is 19.3. The molecule has 1 fully saturated rings. The number of thiazole rings is 1. The third-order valence-electron chi connectivity index (χ3n) is 5.08. The van der Waals surface area contributed by atoms with Crippen molar-refractivity contribution in [3.63, 3.8) is 0 Å². The molecule has 4 rings (SSSR count). The number of carbonyl (C=O) groups excluding carboxylic acids is 1. The van der Waals surface area contributed by atoms with Crippen LogP contribution in [-0.4, -0.2) is 48.6 Å². The molecule has 1 amide bonds. The summed E-state index contributed by atoms with van der Waals surface area (Å²) in [6, 6.07) is 10.2. The number of hydrogen-bond donors (Lipinski definition) is 1. The number of rotatable bonds is 7. The Labute approximate surface area is 178 Å². The molecule has 2 aromatic heterocycles. The first-order valence-electron chi connectivity index (χ1n) is 9.93. The zero-order valence-corrected chi connectivity index (χ0v) is 17.6. The molecule has 30 heavy (non-hydrogen) atoms. The molecule has 8 heteroatoms. The highest BCUT2D eigenvalue weighted by molar-refractivity contribution is 7.13. The minimum absolute atomic E-state index is 0.0319. The average molecular weight is 430 g/mol. The molecule has 1 unspecified atom stereocenters. The van der Waals surface area contributed by atoms with E-state index in [2.05, 4.69) is 15.2 Å². The van der Waals surface area contributed by atoms with Crippen LogP contribution in [0.5, 0.6) is 0 Å². The first-order valence-corrected chi connectivity index (χ1v) is 10.8. The summed E-state index contributed by atoms with van der Waals surface area (Å²) in [6.45, 7) is 5.18. The number of nitrogens with one attached hydrogen (secondary N) is 1. The van der Waals surface area contributed by atoms with Gasteiger partial charge in [-0.2, -0.15) is 0 Å². The molecule has 3 aromatic rings. The van der Waals surface area contributed by atoms with E-state index in [-0.39, 0.29) is 24.2 Å². The van der Waals surface area contributed by atoms with Gasteiger partial charge in [0.1, 0.15) is 11.6 Å². The number of hydrogen-bond acceptors (Lipinski definition) is 6. The van der Waals surface area contributed by atoms with Gasteiger partial charge >= 0.3 is 0 Å². The number of aryl methyl sites for hydroxylation is 1. The molecular weight excluding hydrogens is 405 g/mol. The molecule has 1 aromatic carbocycles. The van der Waals surface area contributed by atoms with Crippen LogP contribution in [-0.2, 0) is 16.0 Å². The Kier molecular flexibility index (Phi) is 6.56. The summed E-state index contributed by atoms with van der Waals surface area (Å²) in [5.74, 6) is 1.18. The van der Waals surface area contributed by atoms with Crippen LogP contribution in [0, 0.1) is 12.7 Å². The van der Waals surface area contributed by atoms with Crippen LogP contribution in [0.25, 0.3) is 10.8 Å². The Hall–Kier alpha value is -2.55. The van der Waals surface area contributed by atoms with Gasteiger partial charge in [-0.25, -0.2) is 9.37 Å². The Balaban J connectivity index is 1.38. The molecular formula is C22H24FN3O3S. The number of benzene rings is 1. The lowest BCUT2D eigenvalue weighted by molar-refractivity contribution is -0.120. The third-order valence-corrected chi connectivity index (χ3v) is 5.98. The number of furan rings is 1. The van der Waals surface area contributed by atoms with Gasteiger partial charge in [0.2, 0.25) is 5.91 Å². The van der Waals surface area contributed by atoms with Crippen molar-refractivity contribution < 1.29 is 18.3 Å². The molecule has 158 valence electrons. The minimum atomic E-state index is -0.269. The summed E-state index contributed by atoms with van der Waals surface area (Å²) in [5, 5.41) is 5.67. The number of aromatic nitrogens is 1.